The highest BCUT2D eigenvalue weighted by Gasteiger charge is 2.35. The summed E-state index contributed by atoms with van der Waals surface area (Å²) in [7, 11) is -3.63. The van der Waals surface area contributed by atoms with E-state index in [1.807, 2.05) is 0 Å². The third-order valence-electron chi connectivity index (χ3n) is 5.23. The van der Waals surface area contributed by atoms with E-state index in [-0.39, 0.29) is 11.8 Å². The van der Waals surface area contributed by atoms with E-state index in [1.165, 1.54) is 16.2 Å². The largest absolute Gasteiger partial charge is 0.244 e. The second-order valence-electron chi connectivity index (χ2n) is 8.26. The monoisotopic (exact) mass is 387 g/mol. The molecule has 0 fully saturated rings. The van der Waals surface area contributed by atoms with Crippen LogP contribution in [-0.4, -0.2) is 22.7 Å². The van der Waals surface area contributed by atoms with Gasteiger partial charge in [-0.1, -0.05) is 53.7 Å². The van der Waals surface area contributed by atoms with Crippen molar-refractivity contribution in [3.63, 3.8) is 0 Å². The third-order valence-corrected chi connectivity index (χ3v) is 7.16. The van der Waals surface area contributed by atoms with Crippen molar-refractivity contribution in [1.29, 1.82) is 0 Å². The standard InChI is InChI=1S/C21H29N3O2S/c1-13(2)16-7-18(14(3)4)21(19(8-16)15(5)6)27(25,26)24-10-17-9-22-12-23-20(17)11-24/h7-9,12-15H,10-11H2,1-6H3. The lowest BCUT2D eigenvalue weighted by Gasteiger charge is -2.25. The van der Waals surface area contributed by atoms with Crippen LogP contribution < -0.4 is 0 Å². The van der Waals surface area contributed by atoms with Gasteiger partial charge in [0.15, 0.2) is 0 Å². The summed E-state index contributed by atoms with van der Waals surface area (Å²) >= 11 is 0. The fourth-order valence-corrected chi connectivity index (χ4v) is 5.60. The van der Waals surface area contributed by atoms with Gasteiger partial charge in [-0.3, -0.25) is 0 Å². The third kappa shape index (κ3) is 3.65. The predicted molar refractivity (Wildman–Crippen MR) is 107 cm³/mol. The van der Waals surface area contributed by atoms with Gasteiger partial charge in [-0.15, -0.1) is 0 Å². The number of sulfonamides is 1. The Morgan fingerprint density at radius 1 is 0.926 bits per heavy atom. The van der Waals surface area contributed by atoms with E-state index in [1.54, 1.807) is 6.20 Å². The van der Waals surface area contributed by atoms with Gasteiger partial charge in [-0.05, 0) is 34.4 Å². The van der Waals surface area contributed by atoms with Crippen molar-refractivity contribution in [2.24, 2.45) is 0 Å². The topological polar surface area (TPSA) is 63.2 Å². The molecule has 0 atom stereocenters. The molecule has 1 aromatic carbocycles. The average molecular weight is 388 g/mol. The first kappa shape index (κ1) is 20.0. The van der Waals surface area contributed by atoms with E-state index in [2.05, 4.69) is 63.6 Å². The second kappa shape index (κ2) is 7.32. The number of fused-ring (bicyclic) bond motifs is 1. The van der Waals surface area contributed by atoms with Crippen molar-refractivity contribution in [2.45, 2.75) is 77.3 Å². The minimum absolute atomic E-state index is 0.121. The molecule has 0 aliphatic carbocycles. The molecule has 6 heteroatoms. The highest BCUT2D eigenvalue weighted by Crippen LogP contribution is 2.38. The number of hydrogen-bond donors (Lipinski definition) is 0. The summed E-state index contributed by atoms with van der Waals surface area (Å²) in [4.78, 5) is 8.77. The Morgan fingerprint density at radius 2 is 1.52 bits per heavy atom. The number of nitrogens with zero attached hydrogens (tertiary/aromatic N) is 3. The molecule has 27 heavy (non-hydrogen) atoms. The zero-order valence-electron chi connectivity index (χ0n) is 17.0. The van der Waals surface area contributed by atoms with Crippen molar-refractivity contribution in [3.05, 3.63) is 52.6 Å². The van der Waals surface area contributed by atoms with Crippen molar-refractivity contribution in [1.82, 2.24) is 14.3 Å². The average Bonchev–Trinajstić information content (AvgIpc) is 3.05. The van der Waals surface area contributed by atoms with Crippen molar-refractivity contribution in [2.75, 3.05) is 0 Å². The predicted octanol–water partition coefficient (Wildman–Crippen LogP) is 4.55. The zero-order valence-corrected chi connectivity index (χ0v) is 17.8. The van der Waals surface area contributed by atoms with Gasteiger partial charge in [0.25, 0.3) is 0 Å². The molecule has 3 rings (SSSR count). The first-order chi connectivity index (χ1) is 12.6. The Labute approximate surface area is 162 Å². The number of aromatic nitrogens is 2. The minimum Gasteiger partial charge on any atom is -0.244 e. The summed E-state index contributed by atoms with van der Waals surface area (Å²) in [5.74, 6) is 0.592. The van der Waals surface area contributed by atoms with Gasteiger partial charge < -0.3 is 0 Å². The molecule has 1 aliphatic rings. The van der Waals surface area contributed by atoms with Crippen molar-refractivity contribution >= 4 is 10.0 Å². The fourth-order valence-electron chi connectivity index (χ4n) is 3.56. The zero-order chi connectivity index (χ0) is 19.9. The summed E-state index contributed by atoms with van der Waals surface area (Å²) < 4.78 is 29.0. The van der Waals surface area contributed by atoms with E-state index in [9.17, 15) is 8.42 Å². The molecule has 5 nitrogen and oxygen atoms in total. The Morgan fingerprint density at radius 3 is 2.00 bits per heavy atom. The highest BCUT2D eigenvalue weighted by molar-refractivity contribution is 7.89. The van der Waals surface area contributed by atoms with Crippen LogP contribution in [0.15, 0.2) is 29.6 Å². The quantitative estimate of drug-likeness (QED) is 0.755. The molecule has 0 saturated carbocycles. The maximum Gasteiger partial charge on any atom is 0.244 e. The molecule has 2 heterocycles. The number of benzene rings is 1. The highest BCUT2D eigenvalue weighted by atomic mass is 32.2. The van der Waals surface area contributed by atoms with Crippen LogP contribution >= 0.6 is 0 Å². The molecular formula is C21H29N3O2S. The fraction of sp³-hybridized carbons (Fsp3) is 0.524. The van der Waals surface area contributed by atoms with Crippen LogP contribution in [-0.2, 0) is 23.1 Å². The van der Waals surface area contributed by atoms with E-state index in [0.717, 1.165) is 22.4 Å². The molecule has 0 bridgehead atoms. The van der Waals surface area contributed by atoms with E-state index < -0.39 is 10.0 Å². The normalized spacial score (nSPS) is 15.1. The van der Waals surface area contributed by atoms with E-state index in [4.69, 9.17) is 0 Å². The molecule has 0 unspecified atom stereocenters. The smallest absolute Gasteiger partial charge is 0.244 e. The molecule has 1 aliphatic heterocycles. The van der Waals surface area contributed by atoms with Gasteiger partial charge in [0.05, 0.1) is 17.1 Å². The molecule has 0 saturated heterocycles. The second-order valence-corrected chi connectivity index (χ2v) is 10.1. The SMILES string of the molecule is CC(C)c1cc(C(C)C)c(S(=O)(=O)N2Cc3cncnc3C2)c(C(C)C)c1. The lowest BCUT2D eigenvalue weighted by atomic mass is 9.89. The number of hydrogen-bond acceptors (Lipinski definition) is 4. The summed E-state index contributed by atoms with van der Waals surface area (Å²) in [6.45, 7) is 13.2. The van der Waals surface area contributed by atoms with Crippen LogP contribution in [0.3, 0.4) is 0 Å². The van der Waals surface area contributed by atoms with Crippen molar-refractivity contribution in [3.8, 4) is 0 Å². The maximum absolute atomic E-state index is 13.7. The molecule has 2 aromatic rings. The Kier molecular flexibility index (Phi) is 5.41. The lowest BCUT2D eigenvalue weighted by molar-refractivity contribution is 0.427. The molecule has 1 aromatic heterocycles. The number of rotatable bonds is 5. The van der Waals surface area contributed by atoms with Crippen LogP contribution in [0.2, 0.25) is 0 Å². The lowest BCUT2D eigenvalue weighted by Crippen LogP contribution is -2.28. The van der Waals surface area contributed by atoms with Gasteiger partial charge in [-0.2, -0.15) is 4.31 Å². The van der Waals surface area contributed by atoms with Crippen LogP contribution in [0, 0.1) is 0 Å². The first-order valence-corrected chi connectivity index (χ1v) is 11.0. The van der Waals surface area contributed by atoms with Crippen LogP contribution in [0.25, 0.3) is 0 Å². The van der Waals surface area contributed by atoms with Crippen LogP contribution in [0.4, 0.5) is 0 Å². The van der Waals surface area contributed by atoms with E-state index >= 15 is 0 Å². The Balaban J connectivity index is 2.17. The van der Waals surface area contributed by atoms with Gasteiger partial charge in [0.2, 0.25) is 10.0 Å². The van der Waals surface area contributed by atoms with Crippen LogP contribution in [0.1, 0.15) is 87.2 Å². The van der Waals surface area contributed by atoms with E-state index in [0.29, 0.717) is 23.9 Å². The Bertz CT molecular complexity index is 896. The molecule has 0 spiro atoms. The summed E-state index contributed by atoms with van der Waals surface area (Å²) in [5, 5.41) is 0. The first-order valence-electron chi connectivity index (χ1n) is 9.58. The van der Waals surface area contributed by atoms with Crippen molar-refractivity contribution < 1.29 is 8.42 Å². The summed E-state index contributed by atoms with van der Waals surface area (Å²) in [5.41, 5.74) is 4.69. The molecule has 0 radical (unpaired) electrons. The Hall–Kier alpha value is -1.79. The molecule has 146 valence electrons. The molecule has 0 amide bonds. The van der Waals surface area contributed by atoms with Gasteiger partial charge in [0, 0.05) is 18.3 Å². The maximum atomic E-state index is 13.7. The summed E-state index contributed by atoms with van der Waals surface area (Å²) in [6.07, 6.45) is 3.19. The van der Waals surface area contributed by atoms with Gasteiger partial charge >= 0.3 is 0 Å². The summed E-state index contributed by atoms with van der Waals surface area (Å²) in [6, 6.07) is 4.16. The molecule has 0 N–H and O–H groups in total. The van der Waals surface area contributed by atoms with Crippen LogP contribution in [0.5, 0.6) is 0 Å². The van der Waals surface area contributed by atoms with Gasteiger partial charge in [0.1, 0.15) is 6.33 Å². The molecular weight excluding hydrogens is 358 g/mol. The minimum atomic E-state index is -3.63. The van der Waals surface area contributed by atoms with Gasteiger partial charge in [-0.25, -0.2) is 18.4 Å².